The van der Waals surface area contributed by atoms with Crippen LogP contribution in [0.3, 0.4) is 0 Å². The molecule has 0 aliphatic rings. The summed E-state index contributed by atoms with van der Waals surface area (Å²) in [5.74, 6) is 0.752. The van der Waals surface area contributed by atoms with Gasteiger partial charge in [0.15, 0.2) is 11.5 Å². The number of aromatic amines is 1. The van der Waals surface area contributed by atoms with Crippen LogP contribution in [0, 0.1) is 6.92 Å². The molecule has 0 fully saturated rings. The van der Waals surface area contributed by atoms with Crippen LogP contribution in [0.5, 0.6) is 11.5 Å². The number of esters is 1. The summed E-state index contributed by atoms with van der Waals surface area (Å²) in [6.45, 7) is 1.86. The highest BCUT2D eigenvalue weighted by atomic mass is 32.1. The summed E-state index contributed by atoms with van der Waals surface area (Å²) >= 11 is 1.43. The molecule has 0 spiro atoms. The summed E-state index contributed by atoms with van der Waals surface area (Å²) in [5.41, 5.74) is 3.04. The van der Waals surface area contributed by atoms with Crippen LogP contribution in [0.15, 0.2) is 58.8 Å². The lowest BCUT2D eigenvalue weighted by Crippen LogP contribution is -2.16. The Morgan fingerprint density at radius 1 is 1.12 bits per heavy atom. The molecule has 2 aromatic carbocycles. The lowest BCUT2D eigenvalue weighted by atomic mass is 10.2. The van der Waals surface area contributed by atoms with Crippen molar-refractivity contribution in [3.8, 4) is 27.8 Å². The third-order valence-corrected chi connectivity index (χ3v) is 5.78. The number of imidazole rings is 1. The fourth-order valence-corrected chi connectivity index (χ4v) is 4.12. The maximum absolute atomic E-state index is 12.5. The normalized spacial score (nSPS) is 10.7. The van der Waals surface area contributed by atoms with Crippen molar-refractivity contribution in [3.05, 3.63) is 81.5 Å². The van der Waals surface area contributed by atoms with Crippen molar-refractivity contribution in [1.82, 2.24) is 14.5 Å². The van der Waals surface area contributed by atoms with E-state index >= 15 is 0 Å². The lowest BCUT2D eigenvalue weighted by Gasteiger charge is -2.10. The molecule has 0 amide bonds. The highest BCUT2D eigenvalue weighted by molar-refractivity contribution is 7.13. The zero-order valence-electron chi connectivity index (χ0n) is 17.7. The summed E-state index contributed by atoms with van der Waals surface area (Å²) < 4.78 is 17.8. The fraction of sp³-hybridized carbons (Fsp3) is 0.174. The van der Waals surface area contributed by atoms with Gasteiger partial charge in [0.2, 0.25) is 0 Å². The summed E-state index contributed by atoms with van der Waals surface area (Å²) in [6, 6.07) is 12.2. The number of hydrogen-bond donors (Lipinski definition) is 1. The van der Waals surface area contributed by atoms with Crippen molar-refractivity contribution in [1.29, 1.82) is 0 Å². The fourth-order valence-electron chi connectivity index (χ4n) is 3.30. The summed E-state index contributed by atoms with van der Waals surface area (Å²) in [6.07, 6.45) is 1.63. The molecule has 4 rings (SSSR count). The predicted octanol–water partition coefficient (Wildman–Crippen LogP) is 3.97. The number of thiazole rings is 1. The Kier molecular flexibility index (Phi) is 6.09. The Bertz CT molecular complexity index is 1300. The minimum Gasteiger partial charge on any atom is -0.493 e. The van der Waals surface area contributed by atoms with Crippen LogP contribution >= 0.6 is 11.3 Å². The molecular formula is C23H21N3O5S. The first-order chi connectivity index (χ1) is 15.5. The number of hydrogen-bond acceptors (Lipinski definition) is 7. The second-order valence-corrected chi connectivity index (χ2v) is 7.74. The predicted molar refractivity (Wildman–Crippen MR) is 121 cm³/mol. The van der Waals surface area contributed by atoms with E-state index in [0.717, 1.165) is 16.3 Å². The van der Waals surface area contributed by atoms with Gasteiger partial charge in [-0.05, 0) is 43.3 Å². The molecule has 9 heteroatoms. The number of carbonyl (C=O) groups is 1. The molecule has 1 N–H and O–H groups in total. The van der Waals surface area contributed by atoms with E-state index in [9.17, 15) is 9.59 Å². The SMILES string of the molecule is COc1cccc(-c2nc(COC(=O)c3ccc(-n4c(C)c[nH]c4=O)cc3)cs2)c1OC. The number of H-pyrrole nitrogens is 1. The maximum atomic E-state index is 12.5. The summed E-state index contributed by atoms with van der Waals surface area (Å²) in [5, 5.41) is 2.58. The Morgan fingerprint density at radius 2 is 1.91 bits per heavy atom. The molecule has 0 atom stereocenters. The van der Waals surface area contributed by atoms with E-state index in [-0.39, 0.29) is 12.3 Å². The summed E-state index contributed by atoms with van der Waals surface area (Å²) in [7, 11) is 3.16. The van der Waals surface area contributed by atoms with Crippen molar-refractivity contribution < 1.29 is 19.0 Å². The largest absolute Gasteiger partial charge is 0.493 e. The molecule has 32 heavy (non-hydrogen) atoms. The molecule has 0 unspecified atom stereocenters. The second-order valence-electron chi connectivity index (χ2n) is 6.88. The number of aryl methyl sites for hydroxylation is 1. The number of nitrogens with zero attached hydrogens (tertiary/aromatic N) is 2. The summed E-state index contributed by atoms with van der Waals surface area (Å²) in [4.78, 5) is 31.5. The molecule has 0 saturated carbocycles. The average Bonchev–Trinajstić information content (AvgIpc) is 3.43. The number of ether oxygens (including phenoxy) is 3. The number of aromatic nitrogens is 3. The van der Waals surface area contributed by atoms with E-state index in [1.807, 2.05) is 30.5 Å². The van der Waals surface area contributed by atoms with Crippen LogP contribution in [0.2, 0.25) is 0 Å². The number of para-hydroxylation sites is 1. The number of benzene rings is 2. The quantitative estimate of drug-likeness (QED) is 0.427. The first-order valence-electron chi connectivity index (χ1n) is 9.72. The smallest absolute Gasteiger partial charge is 0.338 e. The molecule has 4 aromatic rings. The number of carbonyl (C=O) groups excluding carboxylic acids is 1. The zero-order valence-corrected chi connectivity index (χ0v) is 18.6. The van der Waals surface area contributed by atoms with Gasteiger partial charge in [-0.3, -0.25) is 4.57 Å². The molecule has 2 aromatic heterocycles. The van der Waals surface area contributed by atoms with Crippen LogP contribution in [-0.2, 0) is 11.3 Å². The van der Waals surface area contributed by atoms with Gasteiger partial charge in [0.05, 0.1) is 36.7 Å². The topological polar surface area (TPSA) is 95.4 Å². The highest BCUT2D eigenvalue weighted by Crippen LogP contribution is 2.39. The lowest BCUT2D eigenvalue weighted by molar-refractivity contribution is 0.0468. The molecule has 0 saturated heterocycles. The number of nitrogens with one attached hydrogen (secondary N) is 1. The average molecular weight is 452 g/mol. The Hall–Kier alpha value is -3.85. The minimum atomic E-state index is -0.469. The molecule has 0 radical (unpaired) electrons. The van der Waals surface area contributed by atoms with Gasteiger partial charge in [-0.1, -0.05) is 6.07 Å². The minimum absolute atomic E-state index is 0.0414. The third kappa shape index (κ3) is 4.15. The van der Waals surface area contributed by atoms with Crippen LogP contribution in [0.25, 0.3) is 16.3 Å². The van der Waals surface area contributed by atoms with Crippen molar-refractivity contribution in [2.75, 3.05) is 14.2 Å². The van der Waals surface area contributed by atoms with Gasteiger partial charge in [0.25, 0.3) is 0 Å². The first-order valence-corrected chi connectivity index (χ1v) is 10.6. The van der Waals surface area contributed by atoms with E-state index in [0.29, 0.717) is 28.4 Å². The van der Waals surface area contributed by atoms with Crippen LogP contribution in [-0.4, -0.2) is 34.7 Å². The standard InChI is InChI=1S/C23H21N3O5S/c1-14-11-24-23(28)26(14)17-9-7-15(8-10-17)22(27)31-12-16-13-32-21(25-16)18-5-4-6-19(29-2)20(18)30-3/h4-11,13H,12H2,1-3H3,(H,24,28). The van der Waals surface area contributed by atoms with Gasteiger partial charge in [-0.15, -0.1) is 11.3 Å². The van der Waals surface area contributed by atoms with Crippen molar-refractivity contribution in [3.63, 3.8) is 0 Å². The van der Waals surface area contributed by atoms with E-state index in [4.69, 9.17) is 14.2 Å². The van der Waals surface area contributed by atoms with Gasteiger partial charge in [0.1, 0.15) is 11.6 Å². The Balaban J connectivity index is 1.45. The maximum Gasteiger partial charge on any atom is 0.338 e. The van der Waals surface area contributed by atoms with E-state index < -0.39 is 5.97 Å². The van der Waals surface area contributed by atoms with Crippen LogP contribution < -0.4 is 15.2 Å². The Morgan fingerprint density at radius 3 is 2.56 bits per heavy atom. The van der Waals surface area contributed by atoms with E-state index in [2.05, 4.69) is 9.97 Å². The zero-order chi connectivity index (χ0) is 22.7. The molecule has 0 bridgehead atoms. The van der Waals surface area contributed by atoms with Crippen molar-refractivity contribution in [2.45, 2.75) is 13.5 Å². The monoisotopic (exact) mass is 451 g/mol. The van der Waals surface area contributed by atoms with Crippen LogP contribution in [0.1, 0.15) is 21.7 Å². The molecule has 0 aliphatic heterocycles. The van der Waals surface area contributed by atoms with Gasteiger partial charge >= 0.3 is 11.7 Å². The number of rotatable bonds is 7. The Labute approximate surface area is 188 Å². The van der Waals surface area contributed by atoms with Gasteiger partial charge < -0.3 is 19.2 Å². The van der Waals surface area contributed by atoms with E-state index in [1.165, 1.54) is 15.9 Å². The molecule has 2 heterocycles. The van der Waals surface area contributed by atoms with Gasteiger partial charge in [0, 0.05) is 17.3 Å². The van der Waals surface area contributed by atoms with Gasteiger partial charge in [-0.2, -0.15) is 0 Å². The van der Waals surface area contributed by atoms with Crippen molar-refractivity contribution in [2.24, 2.45) is 0 Å². The highest BCUT2D eigenvalue weighted by Gasteiger charge is 2.16. The molecular weight excluding hydrogens is 430 g/mol. The molecule has 0 aliphatic carbocycles. The van der Waals surface area contributed by atoms with Crippen molar-refractivity contribution >= 4 is 17.3 Å². The third-order valence-electron chi connectivity index (χ3n) is 4.86. The second kappa shape index (κ2) is 9.11. The molecule has 164 valence electrons. The van der Waals surface area contributed by atoms with Crippen LogP contribution in [0.4, 0.5) is 0 Å². The van der Waals surface area contributed by atoms with Gasteiger partial charge in [-0.25, -0.2) is 14.6 Å². The first kappa shape index (κ1) is 21.4. The van der Waals surface area contributed by atoms with E-state index in [1.54, 1.807) is 44.7 Å². The molecule has 8 nitrogen and oxygen atoms in total. The number of methoxy groups -OCH3 is 2.